The minimum absolute atomic E-state index is 0.144. The number of nitrogens with two attached hydrogens (primary N) is 1. The van der Waals surface area contributed by atoms with Crippen molar-refractivity contribution >= 4 is 23.1 Å². The fourth-order valence-electron chi connectivity index (χ4n) is 2.91. The van der Waals surface area contributed by atoms with Gasteiger partial charge in [0.15, 0.2) is 0 Å². The summed E-state index contributed by atoms with van der Waals surface area (Å²) in [6, 6.07) is 1.76. The first-order chi connectivity index (χ1) is 9.44. The SMILES string of the molecule is Cc1cc(C(=O)NC2(C(N)=S)CCCCCC2)c(C)o1. The molecule has 0 aromatic carbocycles. The van der Waals surface area contributed by atoms with Gasteiger partial charge in [-0.3, -0.25) is 4.79 Å². The van der Waals surface area contributed by atoms with Gasteiger partial charge < -0.3 is 15.5 Å². The summed E-state index contributed by atoms with van der Waals surface area (Å²) in [5.74, 6) is 1.22. The van der Waals surface area contributed by atoms with Gasteiger partial charge in [0.25, 0.3) is 5.91 Å². The molecular formula is C15H22N2O2S. The molecule has 0 spiro atoms. The molecule has 5 heteroatoms. The minimum atomic E-state index is -0.541. The van der Waals surface area contributed by atoms with E-state index in [1.54, 1.807) is 13.0 Å². The van der Waals surface area contributed by atoms with Crippen LogP contribution in [0.25, 0.3) is 0 Å². The van der Waals surface area contributed by atoms with Crippen molar-refractivity contribution < 1.29 is 9.21 Å². The predicted molar refractivity (Wildman–Crippen MR) is 82.9 cm³/mol. The van der Waals surface area contributed by atoms with E-state index in [9.17, 15) is 4.79 Å². The van der Waals surface area contributed by atoms with Crippen LogP contribution in [0.15, 0.2) is 10.5 Å². The summed E-state index contributed by atoms with van der Waals surface area (Å²) in [4.78, 5) is 12.9. The lowest BCUT2D eigenvalue weighted by molar-refractivity contribution is 0.0916. The van der Waals surface area contributed by atoms with E-state index in [0.29, 0.717) is 16.3 Å². The second kappa shape index (κ2) is 5.95. The number of carbonyl (C=O) groups excluding carboxylic acids is 1. The highest BCUT2D eigenvalue weighted by molar-refractivity contribution is 7.80. The van der Waals surface area contributed by atoms with Crippen molar-refractivity contribution in [3.05, 3.63) is 23.2 Å². The molecule has 0 saturated heterocycles. The third kappa shape index (κ3) is 3.03. The number of hydrogen-bond acceptors (Lipinski definition) is 3. The van der Waals surface area contributed by atoms with Crippen molar-refractivity contribution in [1.29, 1.82) is 0 Å². The van der Waals surface area contributed by atoms with Crippen LogP contribution in [0.5, 0.6) is 0 Å². The van der Waals surface area contributed by atoms with Crippen LogP contribution < -0.4 is 11.1 Å². The Balaban J connectivity index is 2.21. The molecule has 1 amide bonds. The Morgan fingerprint density at radius 3 is 2.35 bits per heavy atom. The van der Waals surface area contributed by atoms with E-state index in [0.717, 1.165) is 31.4 Å². The molecule has 1 aliphatic carbocycles. The van der Waals surface area contributed by atoms with Crippen LogP contribution in [0, 0.1) is 13.8 Å². The van der Waals surface area contributed by atoms with Crippen LogP contribution in [-0.2, 0) is 0 Å². The van der Waals surface area contributed by atoms with E-state index in [4.69, 9.17) is 22.4 Å². The lowest BCUT2D eigenvalue weighted by Crippen LogP contribution is -2.56. The number of amides is 1. The summed E-state index contributed by atoms with van der Waals surface area (Å²) in [5.41, 5.74) is 5.97. The Kier molecular flexibility index (Phi) is 4.48. The van der Waals surface area contributed by atoms with E-state index in [2.05, 4.69) is 5.32 Å². The van der Waals surface area contributed by atoms with Crippen molar-refractivity contribution in [2.45, 2.75) is 57.9 Å². The van der Waals surface area contributed by atoms with Gasteiger partial charge in [0.2, 0.25) is 0 Å². The van der Waals surface area contributed by atoms with Gasteiger partial charge in [-0.15, -0.1) is 0 Å². The second-order valence-corrected chi connectivity index (χ2v) is 6.08. The Hall–Kier alpha value is -1.36. The first-order valence-corrected chi connectivity index (χ1v) is 7.55. The molecule has 1 aromatic heterocycles. The lowest BCUT2D eigenvalue weighted by Gasteiger charge is -2.32. The number of carbonyl (C=O) groups is 1. The summed E-state index contributed by atoms with van der Waals surface area (Å²) in [5, 5.41) is 3.08. The first-order valence-electron chi connectivity index (χ1n) is 7.14. The number of nitrogens with one attached hydrogen (secondary N) is 1. The smallest absolute Gasteiger partial charge is 0.255 e. The van der Waals surface area contributed by atoms with Gasteiger partial charge in [-0.25, -0.2) is 0 Å². The molecule has 0 aliphatic heterocycles. The van der Waals surface area contributed by atoms with E-state index in [1.807, 2.05) is 6.92 Å². The number of furan rings is 1. The number of hydrogen-bond donors (Lipinski definition) is 2. The molecule has 2 rings (SSSR count). The highest BCUT2D eigenvalue weighted by Gasteiger charge is 2.36. The quantitative estimate of drug-likeness (QED) is 0.664. The summed E-state index contributed by atoms with van der Waals surface area (Å²) in [6.45, 7) is 3.63. The topological polar surface area (TPSA) is 68.3 Å². The number of thiocarbonyl (C=S) groups is 1. The van der Waals surface area contributed by atoms with Crippen LogP contribution in [-0.4, -0.2) is 16.4 Å². The molecule has 3 N–H and O–H groups in total. The molecule has 1 saturated carbocycles. The molecule has 0 bridgehead atoms. The molecule has 4 nitrogen and oxygen atoms in total. The van der Waals surface area contributed by atoms with Gasteiger partial charge in [-0.05, 0) is 32.8 Å². The Bertz CT molecular complexity index is 514. The van der Waals surface area contributed by atoms with E-state index in [1.165, 1.54) is 12.8 Å². The van der Waals surface area contributed by atoms with Crippen molar-refractivity contribution in [3.63, 3.8) is 0 Å². The molecule has 1 fully saturated rings. The standard InChI is InChI=1S/C15H22N2O2S/c1-10-9-12(11(2)19-10)13(18)17-15(14(16)20)7-5-3-4-6-8-15/h9H,3-8H2,1-2H3,(H2,16,20)(H,17,18). The largest absolute Gasteiger partial charge is 0.466 e. The third-order valence-corrected chi connectivity index (χ3v) is 4.46. The van der Waals surface area contributed by atoms with Crippen molar-refractivity contribution in [2.24, 2.45) is 5.73 Å². The van der Waals surface area contributed by atoms with Crippen LogP contribution in [0.1, 0.15) is 60.4 Å². The fourth-order valence-corrected chi connectivity index (χ4v) is 3.16. The first kappa shape index (κ1) is 15.0. The number of aryl methyl sites for hydroxylation is 2. The summed E-state index contributed by atoms with van der Waals surface area (Å²) < 4.78 is 5.42. The molecular weight excluding hydrogens is 272 g/mol. The van der Waals surface area contributed by atoms with E-state index < -0.39 is 5.54 Å². The second-order valence-electron chi connectivity index (χ2n) is 5.64. The van der Waals surface area contributed by atoms with Gasteiger partial charge in [0, 0.05) is 0 Å². The van der Waals surface area contributed by atoms with Crippen LogP contribution in [0.3, 0.4) is 0 Å². The van der Waals surface area contributed by atoms with Crippen LogP contribution >= 0.6 is 12.2 Å². The molecule has 0 radical (unpaired) electrons. The average molecular weight is 294 g/mol. The number of rotatable bonds is 3. The Morgan fingerprint density at radius 1 is 1.30 bits per heavy atom. The molecule has 1 aliphatic rings. The minimum Gasteiger partial charge on any atom is -0.466 e. The van der Waals surface area contributed by atoms with Gasteiger partial charge >= 0.3 is 0 Å². The van der Waals surface area contributed by atoms with Crippen LogP contribution in [0.4, 0.5) is 0 Å². The maximum atomic E-state index is 12.5. The van der Waals surface area contributed by atoms with Gasteiger partial charge in [0.1, 0.15) is 11.5 Å². The predicted octanol–water partition coefficient (Wildman–Crippen LogP) is 3.01. The molecule has 110 valence electrons. The maximum Gasteiger partial charge on any atom is 0.255 e. The molecule has 1 aromatic rings. The van der Waals surface area contributed by atoms with Crippen molar-refractivity contribution in [3.8, 4) is 0 Å². The molecule has 20 heavy (non-hydrogen) atoms. The van der Waals surface area contributed by atoms with E-state index >= 15 is 0 Å². The van der Waals surface area contributed by atoms with Gasteiger partial charge in [0.05, 0.1) is 16.1 Å². The Morgan fingerprint density at radius 2 is 1.90 bits per heavy atom. The summed E-state index contributed by atoms with van der Waals surface area (Å²) in [6.07, 6.45) is 6.07. The highest BCUT2D eigenvalue weighted by atomic mass is 32.1. The maximum absolute atomic E-state index is 12.5. The summed E-state index contributed by atoms with van der Waals surface area (Å²) in [7, 11) is 0. The zero-order valence-corrected chi connectivity index (χ0v) is 12.9. The van der Waals surface area contributed by atoms with Crippen LogP contribution in [0.2, 0.25) is 0 Å². The molecule has 0 atom stereocenters. The van der Waals surface area contributed by atoms with Crippen molar-refractivity contribution in [1.82, 2.24) is 5.32 Å². The third-order valence-electron chi connectivity index (χ3n) is 4.07. The normalized spacial score (nSPS) is 18.3. The molecule has 0 unspecified atom stereocenters. The van der Waals surface area contributed by atoms with E-state index in [-0.39, 0.29) is 5.91 Å². The molecule has 1 heterocycles. The van der Waals surface area contributed by atoms with Gasteiger partial charge in [-0.2, -0.15) is 0 Å². The zero-order valence-electron chi connectivity index (χ0n) is 12.1. The Labute approximate surface area is 125 Å². The lowest BCUT2D eigenvalue weighted by atomic mass is 9.89. The fraction of sp³-hybridized carbons (Fsp3) is 0.600. The van der Waals surface area contributed by atoms with Crippen molar-refractivity contribution in [2.75, 3.05) is 0 Å². The zero-order chi connectivity index (χ0) is 14.8. The monoisotopic (exact) mass is 294 g/mol. The highest BCUT2D eigenvalue weighted by Crippen LogP contribution is 2.28. The van der Waals surface area contributed by atoms with Gasteiger partial charge in [-0.1, -0.05) is 37.9 Å². The summed E-state index contributed by atoms with van der Waals surface area (Å²) >= 11 is 5.23. The average Bonchev–Trinajstić information content (AvgIpc) is 2.60.